The molecule has 0 bridgehead atoms. The molecule has 0 radical (unpaired) electrons. The number of ketones is 2. The average molecular weight is 562 g/mol. The number of anilines is 1. The zero-order valence-corrected chi connectivity index (χ0v) is 22.4. The Hall–Kier alpha value is -2.62. The number of Topliss-reactive ketones (excluding diaryl/α,β-unsaturated/α-hetero) is 2. The van der Waals surface area contributed by atoms with Gasteiger partial charge in [-0.3, -0.25) is 18.9 Å². The molecule has 1 unspecified atom stereocenters. The van der Waals surface area contributed by atoms with Crippen LogP contribution in [0.3, 0.4) is 0 Å². The number of hydrogen-bond donors (Lipinski definition) is 2. The van der Waals surface area contributed by atoms with E-state index in [9.17, 15) is 27.4 Å². The van der Waals surface area contributed by atoms with E-state index in [1.165, 1.54) is 26.5 Å². The van der Waals surface area contributed by atoms with Crippen molar-refractivity contribution in [3.8, 4) is 11.8 Å². The Morgan fingerprint density at radius 1 is 0.946 bits per heavy atom. The highest BCUT2D eigenvalue weighted by atomic mass is 33.1. The van der Waals surface area contributed by atoms with Gasteiger partial charge in [-0.1, -0.05) is 63.8 Å². The monoisotopic (exact) mass is 561 g/mol. The fraction of sp³-hybridized carbons (Fsp3) is 0.346. The van der Waals surface area contributed by atoms with Crippen LogP contribution in [0.25, 0.3) is 0 Å². The molecule has 196 valence electrons. The number of aliphatic hydroxyl groups is 1. The van der Waals surface area contributed by atoms with Crippen LogP contribution >= 0.6 is 21.6 Å². The number of nitrogens with zero attached hydrogens (tertiary/aromatic N) is 1. The van der Waals surface area contributed by atoms with E-state index in [1.807, 2.05) is 24.3 Å². The van der Waals surface area contributed by atoms with E-state index >= 15 is 0 Å². The van der Waals surface area contributed by atoms with Crippen molar-refractivity contribution in [3.63, 3.8) is 0 Å². The lowest BCUT2D eigenvalue weighted by Gasteiger charge is -2.26. The van der Waals surface area contributed by atoms with Crippen LogP contribution < -0.4 is 4.90 Å². The zero-order valence-electron chi connectivity index (χ0n) is 20.0. The quantitative estimate of drug-likeness (QED) is 0.124. The van der Waals surface area contributed by atoms with E-state index in [4.69, 9.17) is 5.11 Å². The van der Waals surface area contributed by atoms with Gasteiger partial charge >= 0.3 is 0 Å². The number of amides is 1. The molecule has 1 heterocycles. The van der Waals surface area contributed by atoms with Crippen molar-refractivity contribution in [2.75, 3.05) is 23.0 Å². The summed E-state index contributed by atoms with van der Waals surface area (Å²) in [6.45, 7) is 0.167. The van der Waals surface area contributed by atoms with E-state index < -0.39 is 39.9 Å². The molecule has 1 atom stereocenters. The third-order valence-corrected chi connectivity index (χ3v) is 9.23. The number of para-hydroxylation sites is 1. The lowest BCUT2D eigenvalue weighted by molar-refractivity contribution is -0.126. The molecular weight excluding hydrogens is 534 g/mol. The highest BCUT2D eigenvalue weighted by Gasteiger charge is 2.34. The number of carbonyl (C=O) groups is 3. The van der Waals surface area contributed by atoms with Gasteiger partial charge < -0.3 is 10.0 Å². The molecule has 0 fully saturated rings. The van der Waals surface area contributed by atoms with Crippen LogP contribution in [0.15, 0.2) is 48.5 Å². The number of carbonyl (C=O) groups excluding carboxylic acids is 3. The van der Waals surface area contributed by atoms with Crippen molar-refractivity contribution in [1.29, 1.82) is 0 Å². The largest absolute Gasteiger partial charge is 0.395 e. The summed E-state index contributed by atoms with van der Waals surface area (Å²) in [5.74, 6) is 5.31. The Balaban J connectivity index is 1.72. The Bertz CT molecular complexity index is 1310. The molecule has 0 aromatic heterocycles. The normalized spacial score (nSPS) is 13.3. The van der Waals surface area contributed by atoms with Crippen molar-refractivity contribution in [3.05, 3.63) is 65.2 Å². The molecule has 8 nitrogen and oxygen atoms in total. The summed E-state index contributed by atoms with van der Waals surface area (Å²) in [4.78, 5) is 39.8. The van der Waals surface area contributed by atoms with E-state index in [0.717, 1.165) is 11.1 Å². The van der Waals surface area contributed by atoms with Gasteiger partial charge in [-0.2, -0.15) is 8.42 Å². The minimum atomic E-state index is -4.82. The molecule has 1 amide bonds. The average Bonchev–Trinajstić information content (AvgIpc) is 2.84. The van der Waals surface area contributed by atoms with E-state index in [2.05, 4.69) is 11.8 Å². The molecular formula is C26H27NO7S3. The highest BCUT2D eigenvalue weighted by molar-refractivity contribution is 8.76. The highest BCUT2D eigenvalue weighted by Crippen LogP contribution is 2.27. The molecule has 0 saturated carbocycles. The van der Waals surface area contributed by atoms with Crippen LogP contribution in [0.1, 0.15) is 42.4 Å². The molecule has 0 spiro atoms. The van der Waals surface area contributed by atoms with Crippen LogP contribution in [-0.4, -0.2) is 58.9 Å². The summed E-state index contributed by atoms with van der Waals surface area (Å²) in [7, 11) is -2.00. The Kier molecular flexibility index (Phi) is 10.8. The Labute approximate surface area is 224 Å². The van der Waals surface area contributed by atoms with Gasteiger partial charge in [-0.15, -0.1) is 0 Å². The number of hydrogen-bond acceptors (Lipinski definition) is 8. The molecule has 2 aromatic rings. The summed E-state index contributed by atoms with van der Waals surface area (Å²) < 4.78 is 33.7. The second-order valence-corrected chi connectivity index (χ2v) is 12.5. The summed E-state index contributed by atoms with van der Waals surface area (Å²) in [6.07, 6.45) is -1.20. The lowest BCUT2D eigenvalue weighted by atomic mass is 10.0. The lowest BCUT2D eigenvalue weighted by Crippen LogP contribution is -2.38. The standard InChI is InChI=1S/C26H27NO7S3/c28-14-16-36-35-15-13-22(29)11-12-25(37(32,33)34)24(30)17-26(31)27-18-21-7-2-1-5-19(21)9-10-20-6-3-4-8-23(20)27/h1-8,25,28H,11-18H2,(H,32,33,34). The molecule has 1 aliphatic heterocycles. The van der Waals surface area contributed by atoms with E-state index in [-0.39, 0.29) is 31.8 Å². The van der Waals surface area contributed by atoms with Crippen LogP contribution in [-0.2, 0) is 31.0 Å². The summed E-state index contributed by atoms with van der Waals surface area (Å²) in [5.41, 5.74) is 2.60. The maximum absolute atomic E-state index is 13.3. The predicted octanol–water partition coefficient (Wildman–Crippen LogP) is 3.26. The third-order valence-electron chi connectivity index (χ3n) is 5.63. The molecule has 0 saturated heterocycles. The summed E-state index contributed by atoms with van der Waals surface area (Å²) in [6, 6.07) is 14.3. The second kappa shape index (κ2) is 13.8. The van der Waals surface area contributed by atoms with Gasteiger partial charge in [0.2, 0.25) is 5.91 Å². The van der Waals surface area contributed by atoms with Gasteiger partial charge in [-0.05, 0) is 30.2 Å². The molecule has 11 heteroatoms. The third kappa shape index (κ3) is 8.45. The van der Waals surface area contributed by atoms with Gasteiger partial charge in [0.05, 0.1) is 25.3 Å². The number of aliphatic hydroxyl groups excluding tert-OH is 1. The van der Waals surface area contributed by atoms with Crippen LogP contribution in [0.5, 0.6) is 0 Å². The van der Waals surface area contributed by atoms with Crippen molar-refractivity contribution < 1.29 is 32.5 Å². The molecule has 0 aliphatic carbocycles. The maximum atomic E-state index is 13.3. The second-order valence-electron chi connectivity index (χ2n) is 8.25. The van der Waals surface area contributed by atoms with Crippen molar-refractivity contribution in [2.24, 2.45) is 0 Å². The first kappa shape index (κ1) is 28.9. The summed E-state index contributed by atoms with van der Waals surface area (Å²) >= 11 is 0. The maximum Gasteiger partial charge on any atom is 0.275 e. The molecule has 37 heavy (non-hydrogen) atoms. The SMILES string of the molecule is O=C(CCSSCCO)CCC(C(=O)CC(=O)N1Cc2ccccc2C#Cc2ccccc21)S(=O)(=O)O. The fourth-order valence-electron chi connectivity index (χ4n) is 3.77. The summed E-state index contributed by atoms with van der Waals surface area (Å²) in [5, 5.41) is 6.90. The van der Waals surface area contributed by atoms with Crippen LogP contribution in [0.2, 0.25) is 0 Å². The molecule has 3 rings (SSSR count). The van der Waals surface area contributed by atoms with Gasteiger partial charge in [0, 0.05) is 35.5 Å². The van der Waals surface area contributed by atoms with Gasteiger partial charge in [-0.25, -0.2) is 0 Å². The van der Waals surface area contributed by atoms with Gasteiger partial charge in [0.15, 0.2) is 5.78 Å². The number of benzene rings is 2. The number of fused-ring (bicyclic) bond motifs is 2. The zero-order chi connectivity index (χ0) is 26.8. The van der Waals surface area contributed by atoms with E-state index in [1.54, 1.807) is 24.3 Å². The first-order valence-corrected chi connectivity index (χ1v) is 15.5. The smallest absolute Gasteiger partial charge is 0.275 e. The molecule has 1 aliphatic rings. The van der Waals surface area contributed by atoms with Gasteiger partial charge in [0.1, 0.15) is 11.0 Å². The Morgan fingerprint density at radius 3 is 2.32 bits per heavy atom. The first-order valence-electron chi connectivity index (χ1n) is 11.6. The van der Waals surface area contributed by atoms with Crippen LogP contribution in [0.4, 0.5) is 5.69 Å². The first-order chi connectivity index (χ1) is 17.7. The topological polar surface area (TPSA) is 129 Å². The predicted molar refractivity (Wildman–Crippen MR) is 146 cm³/mol. The van der Waals surface area contributed by atoms with Gasteiger partial charge in [0.25, 0.3) is 10.1 Å². The minimum absolute atomic E-state index is 0.0331. The molecule has 2 N–H and O–H groups in total. The molecule has 2 aromatic carbocycles. The minimum Gasteiger partial charge on any atom is -0.395 e. The fourth-order valence-corrected chi connectivity index (χ4v) is 6.40. The van der Waals surface area contributed by atoms with Crippen molar-refractivity contribution in [1.82, 2.24) is 0 Å². The number of rotatable bonds is 13. The Morgan fingerprint density at radius 2 is 1.59 bits per heavy atom. The van der Waals surface area contributed by atoms with Crippen LogP contribution in [0, 0.1) is 11.8 Å². The van der Waals surface area contributed by atoms with E-state index in [0.29, 0.717) is 22.8 Å². The van der Waals surface area contributed by atoms with Crippen molar-refractivity contribution in [2.45, 2.75) is 37.5 Å². The van der Waals surface area contributed by atoms with Crippen molar-refractivity contribution >= 4 is 54.9 Å².